The zero-order chi connectivity index (χ0) is 17.7. The summed E-state index contributed by atoms with van der Waals surface area (Å²) in [5.41, 5.74) is 1.20. The van der Waals surface area contributed by atoms with Crippen molar-refractivity contribution in [3.8, 4) is 0 Å². The fourth-order valence-corrected chi connectivity index (χ4v) is 4.19. The summed E-state index contributed by atoms with van der Waals surface area (Å²) in [6.45, 7) is 5.23. The van der Waals surface area contributed by atoms with Crippen LogP contribution in [-0.2, 0) is 16.1 Å². The Balaban J connectivity index is 1.66. The molecule has 5 heteroatoms. The van der Waals surface area contributed by atoms with Gasteiger partial charge >= 0.3 is 0 Å². The molecule has 2 fully saturated rings. The molecule has 0 saturated carbocycles. The Kier molecular flexibility index (Phi) is 5.71. The van der Waals surface area contributed by atoms with Crippen LogP contribution in [0.3, 0.4) is 0 Å². The number of carbonyl (C=O) groups is 2. The van der Waals surface area contributed by atoms with Crippen LogP contribution in [0.25, 0.3) is 0 Å². The maximum Gasteiger partial charge on any atom is 0.222 e. The molecule has 1 spiro atoms. The van der Waals surface area contributed by atoms with E-state index in [4.69, 9.17) is 0 Å². The summed E-state index contributed by atoms with van der Waals surface area (Å²) in [6, 6.07) is 3.94. The van der Waals surface area contributed by atoms with Crippen molar-refractivity contribution in [2.45, 2.75) is 58.4 Å². The van der Waals surface area contributed by atoms with E-state index in [1.165, 1.54) is 0 Å². The van der Waals surface area contributed by atoms with Gasteiger partial charge in [-0.05, 0) is 43.4 Å². The molecular formula is C20H29N3O2. The molecule has 0 radical (unpaired) electrons. The molecule has 2 aliphatic rings. The molecule has 0 N–H and O–H groups in total. The number of piperidine rings is 2. The van der Waals surface area contributed by atoms with E-state index in [1.807, 2.05) is 17.0 Å². The molecule has 2 amide bonds. The van der Waals surface area contributed by atoms with Gasteiger partial charge in [-0.25, -0.2) is 0 Å². The van der Waals surface area contributed by atoms with Crippen LogP contribution in [0, 0.1) is 5.41 Å². The summed E-state index contributed by atoms with van der Waals surface area (Å²) in [4.78, 5) is 33.0. The monoisotopic (exact) mass is 343 g/mol. The third-order valence-corrected chi connectivity index (χ3v) is 5.63. The number of nitrogens with zero attached hydrogens (tertiary/aromatic N) is 3. The van der Waals surface area contributed by atoms with Crippen LogP contribution >= 0.6 is 0 Å². The third-order valence-electron chi connectivity index (χ3n) is 5.63. The molecule has 0 bridgehead atoms. The highest BCUT2D eigenvalue weighted by molar-refractivity contribution is 5.78. The minimum absolute atomic E-state index is 0.0844. The highest BCUT2D eigenvalue weighted by atomic mass is 16.2. The Bertz CT molecular complexity index is 604. The molecule has 3 rings (SSSR count). The molecule has 3 heterocycles. The second-order valence-electron chi connectivity index (χ2n) is 7.63. The van der Waals surface area contributed by atoms with Crippen LogP contribution in [0.2, 0.25) is 0 Å². The lowest BCUT2D eigenvalue weighted by Gasteiger charge is -2.48. The molecule has 5 nitrogen and oxygen atoms in total. The van der Waals surface area contributed by atoms with E-state index in [-0.39, 0.29) is 11.3 Å². The number of likely N-dealkylation sites (tertiary alicyclic amines) is 2. The number of aromatic nitrogens is 1. The fourth-order valence-electron chi connectivity index (χ4n) is 4.19. The quantitative estimate of drug-likeness (QED) is 0.826. The fraction of sp³-hybridized carbons (Fsp3) is 0.650. The second-order valence-corrected chi connectivity index (χ2v) is 7.63. The van der Waals surface area contributed by atoms with Gasteiger partial charge < -0.3 is 9.80 Å². The van der Waals surface area contributed by atoms with Gasteiger partial charge in [-0.3, -0.25) is 14.6 Å². The molecule has 1 atom stereocenters. The number of unbranched alkanes of at least 4 members (excludes halogenated alkanes) is 1. The Morgan fingerprint density at radius 1 is 1.24 bits per heavy atom. The minimum atomic E-state index is 0.0844. The third kappa shape index (κ3) is 4.39. The molecule has 136 valence electrons. The molecule has 0 aromatic carbocycles. The van der Waals surface area contributed by atoms with Crippen molar-refractivity contribution in [3.63, 3.8) is 0 Å². The van der Waals surface area contributed by atoms with Gasteiger partial charge in [-0.1, -0.05) is 13.3 Å². The number of pyridine rings is 1. The molecule has 0 aliphatic carbocycles. The van der Waals surface area contributed by atoms with Gasteiger partial charge in [-0.2, -0.15) is 0 Å². The first-order chi connectivity index (χ1) is 12.1. The van der Waals surface area contributed by atoms with Crippen molar-refractivity contribution in [1.82, 2.24) is 14.8 Å². The van der Waals surface area contributed by atoms with Crippen molar-refractivity contribution >= 4 is 11.8 Å². The lowest BCUT2D eigenvalue weighted by Crippen LogP contribution is -2.54. The van der Waals surface area contributed by atoms with E-state index in [0.717, 1.165) is 57.3 Å². The summed E-state index contributed by atoms with van der Waals surface area (Å²) in [5.74, 6) is 0.523. The largest absolute Gasteiger partial charge is 0.342 e. The minimum Gasteiger partial charge on any atom is -0.342 e. The molecule has 2 aliphatic heterocycles. The van der Waals surface area contributed by atoms with Crippen molar-refractivity contribution in [2.24, 2.45) is 5.41 Å². The van der Waals surface area contributed by atoms with Gasteiger partial charge in [0.05, 0.1) is 0 Å². The van der Waals surface area contributed by atoms with E-state index in [2.05, 4.69) is 16.8 Å². The summed E-state index contributed by atoms with van der Waals surface area (Å²) >= 11 is 0. The molecule has 1 aromatic heterocycles. The number of carbonyl (C=O) groups excluding carboxylic acids is 2. The first-order valence-electron chi connectivity index (χ1n) is 9.56. The van der Waals surface area contributed by atoms with E-state index < -0.39 is 0 Å². The zero-order valence-corrected chi connectivity index (χ0v) is 15.2. The van der Waals surface area contributed by atoms with Gasteiger partial charge in [-0.15, -0.1) is 0 Å². The Morgan fingerprint density at radius 3 is 2.80 bits per heavy atom. The average Bonchev–Trinajstić information content (AvgIpc) is 2.64. The number of hydrogen-bond donors (Lipinski definition) is 0. The van der Waals surface area contributed by atoms with Crippen molar-refractivity contribution < 1.29 is 9.59 Å². The summed E-state index contributed by atoms with van der Waals surface area (Å²) in [6.07, 6.45) is 9.90. The van der Waals surface area contributed by atoms with Gasteiger partial charge in [0.25, 0.3) is 0 Å². The van der Waals surface area contributed by atoms with Gasteiger partial charge in [0.2, 0.25) is 11.8 Å². The highest BCUT2D eigenvalue weighted by Gasteiger charge is 2.42. The number of amides is 2. The first-order valence-corrected chi connectivity index (χ1v) is 9.56. The normalized spacial score (nSPS) is 24.0. The van der Waals surface area contributed by atoms with E-state index in [9.17, 15) is 9.59 Å². The Labute approximate surface area is 150 Å². The van der Waals surface area contributed by atoms with E-state index in [0.29, 0.717) is 25.3 Å². The predicted octanol–water partition coefficient (Wildman–Crippen LogP) is 3.00. The topological polar surface area (TPSA) is 53.5 Å². The van der Waals surface area contributed by atoms with Crippen LogP contribution in [-0.4, -0.2) is 46.2 Å². The average molecular weight is 343 g/mol. The molecule has 1 aromatic rings. The predicted molar refractivity (Wildman–Crippen MR) is 96.7 cm³/mol. The van der Waals surface area contributed by atoms with Crippen LogP contribution in [0.15, 0.2) is 24.5 Å². The number of rotatable bonds is 5. The van der Waals surface area contributed by atoms with E-state index in [1.54, 1.807) is 12.4 Å². The van der Waals surface area contributed by atoms with Crippen LogP contribution in [0.4, 0.5) is 0 Å². The smallest absolute Gasteiger partial charge is 0.222 e. The van der Waals surface area contributed by atoms with Crippen LogP contribution in [0.5, 0.6) is 0 Å². The molecule has 25 heavy (non-hydrogen) atoms. The first kappa shape index (κ1) is 17.9. The summed E-state index contributed by atoms with van der Waals surface area (Å²) in [7, 11) is 0. The zero-order valence-electron chi connectivity index (χ0n) is 15.2. The molecule has 0 unspecified atom stereocenters. The Morgan fingerprint density at radius 2 is 2.04 bits per heavy atom. The van der Waals surface area contributed by atoms with Gasteiger partial charge in [0.15, 0.2) is 0 Å². The van der Waals surface area contributed by atoms with Gasteiger partial charge in [0, 0.05) is 56.8 Å². The molecule has 2 saturated heterocycles. The summed E-state index contributed by atoms with van der Waals surface area (Å²) in [5, 5.41) is 0. The lowest BCUT2D eigenvalue weighted by atomic mass is 9.73. The lowest BCUT2D eigenvalue weighted by molar-refractivity contribution is -0.143. The van der Waals surface area contributed by atoms with Crippen molar-refractivity contribution in [3.05, 3.63) is 30.1 Å². The second kappa shape index (κ2) is 7.98. The van der Waals surface area contributed by atoms with Crippen LogP contribution in [0.1, 0.15) is 57.4 Å². The maximum absolute atomic E-state index is 12.5. The molecular weight excluding hydrogens is 314 g/mol. The SMILES string of the molecule is CCCCC(=O)N1CCC[C@]2(CCC(=O)N(Cc3ccncc3)C2)C1. The summed E-state index contributed by atoms with van der Waals surface area (Å²) < 4.78 is 0. The standard InChI is InChI=1S/C20H29N3O2/c1-2-3-5-18(24)22-13-4-9-20(15-22)10-6-19(25)23(16-20)14-17-7-11-21-12-8-17/h7-8,11-12H,2-6,9-10,13-16H2,1H3/t20-/m0/s1. The Hall–Kier alpha value is -1.91. The van der Waals surface area contributed by atoms with Gasteiger partial charge in [0.1, 0.15) is 0 Å². The van der Waals surface area contributed by atoms with E-state index >= 15 is 0 Å². The highest BCUT2D eigenvalue weighted by Crippen LogP contribution is 2.39. The van der Waals surface area contributed by atoms with Crippen LogP contribution < -0.4 is 0 Å². The van der Waals surface area contributed by atoms with Crippen molar-refractivity contribution in [2.75, 3.05) is 19.6 Å². The maximum atomic E-state index is 12.5. The van der Waals surface area contributed by atoms with Crippen molar-refractivity contribution in [1.29, 1.82) is 0 Å². The number of hydrogen-bond acceptors (Lipinski definition) is 3.